The number of nitrogens with two attached hydrogens (primary N) is 1. The number of carbonyl (C=O) groups excluding carboxylic acids is 1. The lowest BCUT2D eigenvalue weighted by Crippen LogP contribution is -2.17. The van der Waals surface area contributed by atoms with Gasteiger partial charge in [0.15, 0.2) is 17.8 Å². The molecule has 0 bridgehead atoms. The van der Waals surface area contributed by atoms with Gasteiger partial charge in [0.25, 0.3) is 0 Å². The fraction of sp³-hybridized carbons (Fsp3) is 0.333. The largest absolute Gasteiger partial charge is 0.492 e. The molecule has 0 amide bonds. The lowest BCUT2D eigenvalue weighted by atomic mass is 10.0. The van der Waals surface area contributed by atoms with Crippen LogP contribution in [0, 0.1) is 0 Å². The van der Waals surface area contributed by atoms with E-state index in [0.29, 0.717) is 11.8 Å². The third-order valence-electron chi connectivity index (χ3n) is 2.55. The molecule has 0 spiro atoms. The van der Waals surface area contributed by atoms with Crippen LogP contribution in [0.1, 0.15) is 28.4 Å². The number of aldehydes is 1. The Balaban J connectivity index is 3.45. The Bertz CT molecular complexity index is 503. The Morgan fingerprint density at radius 3 is 2.47 bits per heavy atom. The van der Waals surface area contributed by atoms with E-state index in [4.69, 9.17) is 31.9 Å². The van der Waals surface area contributed by atoms with Crippen LogP contribution in [0.25, 0.3) is 0 Å². The quantitative estimate of drug-likeness (QED) is 0.772. The molecule has 0 aliphatic rings. The summed E-state index contributed by atoms with van der Waals surface area (Å²) in [4.78, 5) is 21.7. The lowest BCUT2D eigenvalue weighted by molar-refractivity contribution is -0.137. The summed E-state index contributed by atoms with van der Waals surface area (Å²) in [5, 5.41) is 8.94. The summed E-state index contributed by atoms with van der Waals surface area (Å²) in [5.41, 5.74) is 6.30. The van der Waals surface area contributed by atoms with Crippen molar-refractivity contribution in [2.45, 2.75) is 12.5 Å². The lowest BCUT2D eigenvalue weighted by Gasteiger charge is -2.19. The SMILES string of the molecule is COc1c(C=O)cc(Cl)c(C(N)CC(=O)O)c1OC. The van der Waals surface area contributed by atoms with Crippen molar-refractivity contribution in [2.24, 2.45) is 5.73 Å². The van der Waals surface area contributed by atoms with Crippen molar-refractivity contribution in [1.82, 2.24) is 0 Å². The van der Waals surface area contributed by atoms with Gasteiger partial charge in [-0.25, -0.2) is 0 Å². The molecule has 6 nitrogen and oxygen atoms in total. The van der Waals surface area contributed by atoms with Crippen molar-refractivity contribution < 1.29 is 24.2 Å². The molecule has 7 heteroatoms. The molecule has 1 aromatic rings. The van der Waals surface area contributed by atoms with Gasteiger partial charge in [-0.05, 0) is 6.07 Å². The highest BCUT2D eigenvalue weighted by molar-refractivity contribution is 6.32. The van der Waals surface area contributed by atoms with E-state index in [1.165, 1.54) is 20.3 Å². The van der Waals surface area contributed by atoms with Gasteiger partial charge in [0.2, 0.25) is 0 Å². The zero-order valence-electron chi connectivity index (χ0n) is 10.5. The highest BCUT2D eigenvalue weighted by atomic mass is 35.5. The molecule has 1 rings (SSSR count). The van der Waals surface area contributed by atoms with E-state index in [-0.39, 0.29) is 28.5 Å². The van der Waals surface area contributed by atoms with Crippen molar-refractivity contribution in [3.8, 4) is 11.5 Å². The second kappa shape index (κ2) is 6.40. The van der Waals surface area contributed by atoms with Gasteiger partial charge in [0, 0.05) is 11.6 Å². The first kappa shape index (κ1) is 15.3. The second-order valence-corrected chi connectivity index (χ2v) is 4.16. The molecule has 1 atom stereocenters. The van der Waals surface area contributed by atoms with E-state index < -0.39 is 12.0 Å². The zero-order valence-corrected chi connectivity index (χ0v) is 11.2. The number of hydrogen-bond acceptors (Lipinski definition) is 5. The Hall–Kier alpha value is -1.79. The number of aliphatic carboxylic acids is 1. The van der Waals surface area contributed by atoms with Crippen LogP contribution in [0.15, 0.2) is 6.07 Å². The summed E-state index contributed by atoms with van der Waals surface area (Å²) < 4.78 is 10.2. The third kappa shape index (κ3) is 3.15. The smallest absolute Gasteiger partial charge is 0.305 e. The van der Waals surface area contributed by atoms with Gasteiger partial charge in [0.05, 0.1) is 31.2 Å². The van der Waals surface area contributed by atoms with E-state index in [2.05, 4.69) is 0 Å². The number of carbonyl (C=O) groups is 2. The minimum absolute atomic E-state index is 0.161. The van der Waals surface area contributed by atoms with E-state index in [0.717, 1.165) is 0 Å². The van der Waals surface area contributed by atoms with Crippen LogP contribution in [0.3, 0.4) is 0 Å². The molecule has 3 N–H and O–H groups in total. The van der Waals surface area contributed by atoms with Crippen LogP contribution >= 0.6 is 11.6 Å². The maximum Gasteiger partial charge on any atom is 0.305 e. The Morgan fingerprint density at radius 2 is 2.05 bits per heavy atom. The van der Waals surface area contributed by atoms with Crippen LogP contribution in [-0.4, -0.2) is 31.6 Å². The maximum atomic E-state index is 10.9. The summed E-state index contributed by atoms with van der Waals surface area (Å²) in [6.45, 7) is 0. The molecule has 0 radical (unpaired) electrons. The van der Waals surface area contributed by atoms with Crippen LogP contribution < -0.4 is 15.2 Å². The molecule has 0 saturated heterocycles. The number of rotatable bonds is 6. The highest BCUT2D eigenvalue weighted by Crippen LogP contribution is 2.42. The highest BCUT2D eigenvalue weighted by Gasteiger charge is 2.24. The van der Waals surface area contributed by atoms with Crippen LogP contribution in [0.4, 0.5) is 0 Å². The average Bonchev–Trinajstić information content (AvgIpc) is 2.35. The zero-order chi connectivity index (χ0) is 14.6. The standard InChI is InChI=1S/C12H14ClNO5/c1-18-11-6(5-15)3-7(13)10(12(11)19-2)8(14)4-9(16)17/h3,5,8H,4,14H2,1-2H3,(H,16,17). The molecule has 0 aliphatic carbocycles. The van der Waals surface area contributed by atoms with Crippen LogP contribution in [-0.2, 0) is 4.79 Å². The molecule has 104 valence electrons. The second-order valence-electron chi connectivity index (χ2n) is 3.75. The summed E-state index contributed by atoms with van der Waals surface area (Å²) in [6, 6.07) is 0.502. The van der Waals surface area contributed by atoms with Gasteiger partial charge < -0.3 is 20.3 Å². The van der Waals surface area contributed by atoms with Crippen molar-refractivity contribution in [3.05, 3.63) is 22.2 Å². The molecule has 0 heterocycles. The molecular weight excluding hydrogens is 274 g/mol. The molecule has 1 unspecified atom stereocenters. The fourth-order valence-corrected chi connectivity index (χ4v) is 2.12. The molecule has 1 aromatic carbocycles. The summed E-state index contributed by atoms with van der Waals surface area (Å²) in [7, 11) is 2.73. The molecule has 0 aliphatic heterocycles. The van der Waals surface area contributed by atoms with Crippen molar-refractivity contribution in [2.75, 3.05) is 14.2 Å². The topological polar surface area (TPSA) is 98.9 Å². The number of methoxy groups -OCH3 is 2. The number of halogens is 1. The molecule has 0 saturated carbocycles. The van der Waals surface area contributed by atoms with Gasteiger partial charge >= 0.3 is 5.97 Å². The van der Waals surface area contributed by atoms with Gasteiger partial charge in [-0.15, -0.1) is 0 Å². The Labute approximate surface area is 115 Å². The number of carboxylic acids is 1. The monoisotopic (exact) mass is 287 g/mol. The van der Waals surface area contributed by atoms with Crippen LogP contribution in [0.5, 0.6) is 11.5 Å². The third-order valence-corrected chi connectivity index (χ3v) is 2.87. The van der Waals surface area contributed by atoms with Gasteiger partial charge in [0.1, 0.15) is 0 Å². The first-order valence-electron chi connectivity index (χ1n) is 5.33. The van der Waals surface area contributed by atoms with Crippen molar-refractivity contribution >= 4 is 23.9 Å². The van der Waals surface area contributed by atoms with Crippen molar-refractivity contribution in [1.29, 1.82) is 0 Å². The van der Waals surface area contributed by atoms with Gasteiger partial charge in [-0.1, -0.05) is 11.6 Å². The molecule has 19 heavy (non-hydrogen) atoms. The minimum Gasteiger partial charge on any atom is -0.492 e. The minimum atomic E-state index is -1.07. The number of hydrogen-bond donors (Lipinski definition) is 2. The van der Waals surface area contributed by atoms with Gasteiger partial charge in [-0.3, -0.25) is 9.59 Å². The van der Waals surface area contributed by atoms with Gasteiger partial charge in [-0.2, -0.15) is 0 Å². The number of ether oxygens (including phenoxy) is 2. The fourth-order valence-electron chi connectivity index (χ4n) is 1.78. The Kier molecular flexibility index (Phi) is 5.14. The normalized spacial score (nSPS) is 11.8. The van der Waals surface area contributed by atoms with Crippen LogP contribution in [0.2, 0.25) is 5.02 Å². The van der Waals surface area contributed by atoms with E-state index in [9.17, 15) is 9.59 Å². The number of carboxylic acid groups (broad SMARTS) is 1. The maximum absolute atomic E-state index is 10.9. The Morgan fingerprint density at radius 1 is 1.47 bits per heavy atom. The number of benzene rings is 1. The van der Waals surface area contributed by atoms with E-state index in [1.807, 2.05) is 0 Å². The summed E-state index contributed by atoms with van der Waals surface area (Å²) >= 11 is 6.03. The molecule has 0 aromatic heterocycles. The summed E-state index contributed by atoms with van der Waals surface area (Å²) in [6.07, 6.45) is 0.249. The average molecular weight is 288 g/mol. The van der Waals surface area contributed by atoms with E-state index >= 15 is 0 Å². The summed E-state index contributed by atoms with van der Waals surface area (Å²) in [5.74, 6) is -0.715. The first-order chi connectivity index (χ1) is 8.96. The van der Waals surface area contributed by atoms with Crippen molar-refractivity contribution in [3.63, 3.8) is 0 Å². The first-order valence-corrected chi connectivity index (χ1v) is 5.70. The molecular formula is C12H14ClNO5. The molecule has 0 fully saturated rings. The predicted octanol–water partition coefficient (Wildman–Crippen LogP) is 1.64. The predicted molar refractivity (Wildman–Crippen MR) is 69.1 cm³/mol. The van der Waals surface area contributed by atoms with E-state index in [1.54, 1.807) is 0 Å².